The third kappa shape index (κ3) is 5.11. The normalized spacial score (nSPS) is 18.4. The number of alkyl halides is 3. The number of hydrogen-bond donors (Lipinski definition) is 2. The summed E-state index contributed by atoms with van der Waals surface area (Å²) in [5, 5.41) is 11.1. The Labute approximate surface area is 199 Å². The molecular weight excluding hydrogens is 457 g/mol. The van der Waals surface area contributed by atoms with Gasteiger partial charge in [0.1, 0.15) is 18.3 Å². The van der Waals surface area contributed by atoms with E-state index in [1.807, 2.05) is 6.07 Å². The fourth-order valence-corrected chi connectivity index (χ4v) is 4.51. The second kappa shape index (κ2) is 9.36. The summed E-state index contributed by atoms with van der Waals surface area (Å²) in [4.78, 5) is 20.6. The van der Waals surface area contributed by atoms with Gasteiger partial charge in [-0.3, -0.25) is 4.79 Å². The average molecular weight is 480 g/mol. The number of nitrogens with one attached hydrogen (secondary N) is 2. The van der Waals surface area contributed by atoms with Crippen molar-refractivity contribution in [2.24, 2.45) is 0 Å². The average Bonchev–Trinajstić information content (AvgIpc) is 3.39. The number of hydrogen-bond acceptors (Lipinski definition) is 5. The molecule has 1 amide bonds. The third-order valence-electron chi connectivity index (χ3n) is 6.17. The lowest BCUT2D eigenvalue weighted by Crippen LogP contribution is -2.41. The molecule has 1 aliphatic rings. The molecule has 0 bridgehead atoms. The molecule has 2 aromatic heterocycles. The van der Waals surface area contributed by atoms with Gasteiger partial charge < -0.3 is 10.6 Å². The second-order valence-corrected chi connectivity index (χ2v) is 8.64. The number of nitrogens with zero attached hydrogens (tertiary/aromatic N) is 4. The van der Waals surface area contributed by atoms with E-state index in [1.54, 1.807) is 53.5 Å². The van der Waals surface area contributed by atoms with Gasteiger partial charge in [-0.2, -0.15) is 18.3 Å². The summed E-state index contributed by atoms with van der Waals surface area (Å²) in [7, 11) is 0. The van der Waals surface area contributed by atoms with Crippen molar-refractivity contribution in [3.05, 3.63) is 78.5 Å². The van der Waals surface area contributed by atoms with Gasteiger partial charge in [-0.05, 0) is 56.0 Å². The molecule has 7 nitrogen and oxygen atoms in total. The molecule has 35 heavy (non-hydrogen) atoms. The Morgan fingerprint density at radius 1 is 1.03 bits per heavy atom. The quantitative estimate of drug-likeness (QED) is 0.421. The number of carbonyl (C=O) groups is 1. The van der Waals surface area contributed by atoms with Crippen LogP contribution in [0.15, 0.2) is 67.3 Å². The van der Waals surface area contributed by atoms with Crippen molar-refractivity contribution >= 4 is 22.5 Å². The van der Waals surface area contributed by atoms with Gasteiger partial charge in [-0.25, -0.2) is 14.6 Å². The minimum Gasteiger partial charge on any atom is -0.382 e. The van der Waals surface area contributed by atoms with Crippen LogP contribution in [0.25, 0.3) is 16.6 Å². The van der Waals surface area contributed by atoms with E-state index in [0.717, 1.165) is 31.0 Å². The zero-order chi connectivity index (χ0) is 24.4. The largest absolute Gasteiger partial charge is 0.433 e. The van der Waals surface area contributed by atoms with Crippen LogP contribution >= 0.6 is 0 Å². The highest BCUT2D eigenvalue weighted by Gasteiger charge is 2.34. The molecule has 1 saturated carbocycles. The van der Waals surface area contributed by atoms with Gasteiger partial charge in [0.05, 0.1) is 11.2 Å². The van der Waals surface area contributed by atoms with Crippen molar-refractivity contribution in [1.29, 1.82) is 0 Å². The van der Waals surface area contributed by atoms with Gasteiger partial charge in [0.2, 0.25) is 0 Å². The molecule has 0 radical (unpaired) electrons. The molecule has 1 fully saturated rings. The van der Waals surface area contributed by atoms with Gasteiger partial charge in [-0.15, -0.1) is 0 Å². The number of benzene rings is 2. The van der Waals surface area contributed by atoms with Crippen LogP contribution in [0.1, 0.15) is 41.7 Å². The standard InChI is InChI=1S/C25H23F3N6O/c26-25(27,28)23-13-22(20-9-1-2-10-21(20)33-23)31-17-6-4-7-18(12-17)32-24(35)16-5-3-8-19(11-16)34-15-29-14-30-34/h1-3,5,8-11,13-15,17-18H,4,6-7,12H2,(H,31,33)(H,32,35)/t17-,18+/m0/s1. The fourth-order valence-electron chi connectivity index (χ4n) is 4.51. The van der Waals surface area contributed by atoms with E-state index >= 15 is 0 Å². The van der Waals surface area contributed by atoms with E-state index < -0.39 is 11.9 Å². The van der Waals surface area contributed by atoms with E-state index in [2.05, 4.69) is 25.7 Å². The van der Waals surface area contributed by atoms with E-state index in [4.69, 9.17) is 0 Å². The van der Waals surface area contributed by atoms with Crippen LogP contribution in [0.5, 0.6) is 0 Å². The smallest absolute Gasteiger partial charge is 0.382 e. The summed E-state index contributed by atoms with van der Waals surface area (Å²) in [6.45, 7) is 0. The summed E-state index contributed by atoms with van der Waals surface area (Å²) < 4.78 is 41.8. The summed E-state index contributed by atoms with van der Waals surface area (Å²) >= 11 is 0. The Morgan fingerprint density at radius 3 is 2.66 bits per heavy atom. The lowest BCUT2D eigenvalue weighted by molar-refractivity contribution is -0.140. The minimum atomic E-state index is -4.54. The summed E-state index contributed by atoms with van der Waals surface area (Å²) in [6, 6.07) is 14.8. The highest BCUT2D eigenvalue weighted by molar-refractivity contribution is 5.95. The van der Waals surface area contributed by atoms with Crippen LogP contribution in [-0.2, 0) is 6.18 Å². The Bertz CT molecular complexity index is 1340. The van der Waals surface area contributed by atoms with Gasteiger partial charge in [-0.1, -0.05) is 24.3 Å². The number of halogens is 3. The van der Waals surface area contributed by atoms with Crippen LogP contribution in [-0.4, -0.2) is 37.7 Å². The number of pyridine rings is 1. The second-order valence-electron chi connectivity index (χ2n) is 8.64. The first kappa shape index (κ1) is 22.8. The summed E-state index contributed by atoms with van der Waals surface area (Å²) in [6.07, 6.45) is 1.49. The topological polar surface area (TPSA) is 84.7 Å². The predicted octanol–water partition coefficient (Wildman–Crippen LogP) is 4.99. The van der Waals surface area contributed by atoms with Crippen molar-refractivity contribution in [3.63, 3.8) is 0 Å². The molecule has 0 unspecified atom stereocenters. The Hall–Kier alpha value is -3.95. The molecule has 0 aliphatic heterocycles. The third-order valence-corrected chi connectivity index (χ3v) is 6.17. The summed E-state index contributed by atoms with van der Waals surface area (Å²) in [5.41, 5.74) is 0.996. The maximum Gasteiger partial charge on any atom is 0.433 e. The van der Waals surface area contributed by atoms with Gasteiger partial charge in [0.15, 0.2) is 0 Å². The molecule has 2 aromatic carbocycles. The van der Waals surface area contributed by atoms with Crippen molar-refractivity contribution in [2.75, 3.05) is 5.32 Å². The molecule has 2 heterocycles. The van der Waals surface area contributed by atoms with Crippen LogP contribution in [0.2, 0.25) is 0 Å². The molecule has 0 spiro atoms. The lowest BCUT2D eigenvalue weighted by atomic mass is 9.90. The first-order valence-electron chi connectivity index (χ1n) is 11.4. The molecule has 0 saturated heterocycles. The van der Waals surface area contributed by atoms with Gasteiger partial charge in [0.25, 0.3) is 5.91 Å². The SMILES string of the molecule is O=C(N[C@@H]1CCC[C@H](Nc2cc(C(F)(F)F)nc3ccccc23)C1)c1cccc(-n2cncn2)c1. The summed E-state index contributed by atoms with van der Waals surface area (Å²) in [5.74, 6) is -0.202. The van der Waals surface area contributed by atoms with E-state index in [0.29, 0.717) is 23.1 Å². The van der Waals surface area contributed by atoms with Crippen LogP contribution < -0.4 is 10.6 Å². The number of anilines is 1. The van der Waals surface area contributed by atoms with Crippen molar-refractivity contribution in [2.45, 2.75) is 43.9 Å². The molecule has 1 aliphatic carbocycles. The van der Waals surface area contributed by atoms with E-state index in [1.165, 1.54) is 6.33 Å². The maximum atomic E-state index is 13.4. The van der Waals surface area contributed by atoms with Crippen molar-refractivity contribution in [3.8, 4) is 5.69 Å². The fraction of sp³-hybridized carbons (Fsp3) is 0.280. The molecule has 180 valence electrons. The molecule has 5 rings (SSSR count). The zero-order valence-electron chi connectivity index (χ0n) is 18.7. The molecular formula is C25H23F3N6O. The first-order valence-corrected chi connectivity index (χ1v) is 11.4. The molecule has 2 atom stereocenters. The molecule has 10 heteroatoms. The first-order chi connectivity index (χ1) is 16.9. The van der Waals surface area contributed by atoms with Crippen molar-refractivity contribution in [1.82, 2.24) is 25.1 Å². The van der Waals surface area contributed by atoms with Gasteiger partial charge >= 0.3 is 6.18 Å². The van der Waals surface area contributed by atoms with Crippen molar-refractivity contribution < 1.29 is 18.0 Å². The maximum absolute atomic E-state index is 13.4. The van der Waals surface area contributed by atoms with Crippen LogP contribution in [0.4, 0.5) is 18.9 Å². The van der Waals surface area contributed by atoms with Gasteiger partial charge in [0, 0.05) is 28.7 Å². The predicted molar refractivity (Wildman–Crippen MR) is 125 cm³/mol. The number of carbonyl (C=O) groups excluding carboxylic acids is 1. The van der Waals surface area contributed by atoms with Crippen LogP contribution in [0.3, 0.4) is 0 Å². The Morgan fingerprint density at radius 2 is 1.86 bits per heavy atom. The highest BCUT2D eigenvalue weighted by atomic mass is 19.4. The Balaban J connectivity index is 1.30. The highest BCUT2D eigenvalue weighted by Crippen LogP contribution is 2.34. The molecule has 4 aromatic rings. The zero-order valence-corrected chi connectivity index (χ0v) is 18.7. The number of amides is 1. The number of rotatable bonds is 5. The lowest BCUT2D eigenvalue weighted by Gasteiger charge is -2.31. The molecule has 2 N–H and O–H groups in total. The van der Waals surface area contributed by atoms with E-state index in [-0.39, 0.29) is 23.5 Å². The van der Waals surface area contributed by atoms with Crippen LogP contribution in [0, 0.1) is 0 Å². The Kier molecular flexibility index (Phi) is 6.10. The number of para-hydroxylation sites is 1. The minimum absolute atomic E-state index is 0.0811. The monoisotopic (exact) mass is 480 g/mol. The number of aromatic nitrogens is 4. The number of fused-ring (bicyclic) bond motifs is 1. The van der Waals surface area contributed by atoms with E-state index in [9.17, 15) is 18.0 Å².